The summed E-state index contributed by atoms with van der Waals surface area (Å²) in [4.78, 5) is 14.8. The van der Waals surface area contributed by atoms with E-state index in [4.69, 9.17) is 9.47 Å². The molecule has 0 aliphatic carbocycles. The molecule has 0 saturated carbocycles. The number of hydrogen-bond donors (Lipinski definition) is 0. The van der Waals surface area contributed by atoms with Gasteiger partial charge in [0.15, 0.2) is 0 Å². The van der Waals surface area contributed by atoms with Crippen molar-refractivity contribution in [1.82, 2.24) is 0 Å². The molecule has 4 heteroatoms. The third-order valence-corrected chi connectivity index (χ3v) is 4.17. The lowest BCUT2D eigenvalue weighted by Crippen LogP contribution is -2.47. The van der Waals surface area contributed by atoms with Gasteiger partial charge in [-0.15, -0.1) is 0 Å². The Morgan fingerprint density at radius 2 is 2.00 bits per heavy atom. The van der Waals surface area contributed by atoms with Gasteiger partial charge in [0.2, 0.25) is 0 Å². The average Bonchev–Trinajstić information content (AvgIpc) is 3.12. The summed E-state index contributed by atoms with van der Waals surface area (Å²) in [6.07, 6.45) is 1.54. The summed E-state index contributed by atoms with van der Waals surface area (Å²) in [5.74, 6) is 0.368. The minimum absolute atomic E-state index is 0.0803. The van der Waals surface area contributed by atoms with Crippen LogP contribution in [0.3, 0.4) is 0 Å². The summed E-state index contributed by atoms with van der Waals surface area (Å²) >= 11 is 0. The monoisotopic (exact) mass is 275 g/mol. The largest absolute Gasteiger partial charge is 0.379 e. The van der Waals surface area contributed by atoms with Crippen LogP contribution in [0.2, 0.25) is 0 Å². The van der Waals surface area contributed by atoms with Crippen LogP contribution >= 0.6 is 0 Å². The number of benzene rings is 1. The minimum atomic E-state index is -0.309. The van der Waals surface area contributed by atoms with E-state index in [0.29, 0.717) is 13.2 Å². The molecular weight excluding hydrogens is 254 g/mol. The van der Waals surface area contributed by atoms with E-state index in [1.807, 2.05) is 35.2 Å². The molecule has 0 spiro atoms. The maximum atomic E-state index is 12.9. The third kappa shape index (κ3) is 2.58. The second-order valence-electron chi connectivity index (χ2n) is 5.62. The van der Waals surface area contributed by atoms with E-state index in [9.17, 15) is 4.79 Å². The fraction of sp³-hybridized carbons (Fsp3) is 0.562. The number of anilines is 1. The summed E-state index contributed by atoms with van der Waals surface area (Å²) in [5.41, 5.74) is 0.940. The van der Waals surface area contributed by atoms with Crippen molar-refractivity contribution in [2.24, 2.45) is 5.92 Å². The predicted octanol–water partition coefficient (Wildman–Crippen LogP) is 2.23. The molecule has 0 unspecified atom stereocenters. The van der Waals surface area contributed by atoms with Crippen molar-refractivity contribution >= 4 is 11.6 Å². The lowest BCUT2D eigenvalue weighted by Gasteiger charge is -2.31. The van der Waals surface area contributed by atoms with E-state index in [1.165, 1.54) is 0 Å². The molecule has 108 valence electrons. The Hall–Kier alpha value is -1.39. The number of ether oxygens (including phenoxy) is 2. The highest BCUT2D eigenvalue weighted by atomic mass is 16.5. The molecule has 3 rings (SSSR count). The van der Waals surface area contributed by atoms with Crippen LogP contribution in [0.25, 0.3) is 0 Å². The molecule has 2 fully saturated rings. The highest BCUT2D eigenvalue weighted by Crippen LogP contribution is 2.28. The first kappa shape index (κ1) is 13.6. The zero-order chi connectivity index (χ0) is 13.9. The summed E-state index contributed by atoms with van der Waals surface area (Å²) < 4.78 is 11.1. The summed E-state index contributed by atoms with van der Waals surface area (Å²) in [5, 5.41) is 0. The van der Waals surface area contributed by atoms with Gasteiger partial charge in [0, 0.05) is 18.9 Å². The molecule has 0 N–H and O–H groups in total. The van der Waals surface area contributed by atoms with Crippen molar-refractivity contribution < 1.29 is 14.3 Å². The second kappa shape index (κ2) is 5.94. The van der Waals surface area contributed by atoms with Gasteiger partial charge in [-0.05, 0) is 30.9 Å². The molecule has 0 bridgehead atoms. The first-order valence-corrected chi connectivity index (χ1v) is 7.35. The van der Waals surface area contributed by atoms with Gasteiger partial charge < -0.3 is 14.4 Å². The van der Waals surface area contributed by atoms with Gasteiger partial charge >= 0.3 is 0 Å². The summed E-state index contributed by atoms with van der Waals surface area (Å²) in [6.45, 7) is 4.11. The maximum absolute atomic E-state index is 12.9. The van der Waals surface area contributed by atoms with E-state index in [0.717, 1.165) is 25.1 Å². The van der Waals surface area contributed by atoms with E-state index in [1.54, 1.807) is 0 Å². The molecule has 0 aromatic heterocycles. The lowest BCUT2D eigenvalue weighted by atomic mass is 10.0. The third-order valence-electron chi connectivity index (χ3n) is 4.17. The molecule has 20 heavy (non-hydrogen) atoms. The Morgan fingerprint density at radius 1 is 1.20 bits per heavy atom. The molecule has 1 aromatic carbocycles. The quantitative estimate of drug-likeness (QED) is 0.849. The molecule has 0 radical (unpaired) electrons. The molecule has 2 saturated heterocycles. The van der Waals surface area contributed by atoms with Crippen LogP contribution in [0.5, 0.6) is 0 Å². The minimum Gasteiger partial charge on any atom is -0.379 e. The average molecular weight is 275 g/mol. The number of carbonyl (C=O) groups excluding carboxylic acids is 1. The van der Waals surface area contributed by atoms with Crippen LogP contribution in [0.1, 0.15) is 19.8 Å². The number of hydrogen-bond acceptors (Lipinski definition) is 3. The van der Waals surface area contributed by atoms with Crippen LogP contribution in [-0.4, -0.2) is 37.9 Å². The molecule has 1 aromatic rings. The fourth-order valence-electron chi connectivity index (χ4n) is 2.98. The van der Waals surface area contributed by atoms with Crippen molar-refractivity contribution in [3.63, 3.8) is 0 Å². The molecule has 3 atom stereocenters. The highest BCUT2D eigenvalue weighted by molar-refractivity contribution is 5.97. The van der Waals surface area contributed by atoms with Crippen LogP contribution in [0, 0.1) is 5.92 Å². The number of amides is 1. The summed E-state index contributed by atoms with van der Waals surface area (Å²) in [6, 6.07) is 9.98. The Balaban J connectivity index is 1.87. The topological polar surface area (TPSA) is 38.8 Å². The van der Waals surface area contributed by atoms with E-state index < -0.39 is 0 Å². The maximum Gasteiger partial charge on any atom is 0.256 e. The van der Waals surface area contributed by atoms with E-state index in [-0.39, 0.29) is 24.0 Å². The van der Waals surface area contributed by atoms with Crippen molar-refractivity contribution in [3.8, 4) is 0 Å². The molecule has 1 amide bonds. The summed E-state index contributed by atoms with van der Waals surface area (Å²) in [7, 11) is 0. The van der Waals surface area contributed by atoms with Crippen LogP contribution in [0.4, 0.5) is 5.69 Å². The van der Waals surface area contributed by atoms with Crippen molar-refractivity contribution in [3.05, 3.63) is 30.3 Å². The van der Waals surface area contributed by atoms with Gasteiger partial charge in [0.25, 0.3) is 5.91 Å². The van der Waals surface area contributed by atoms with Crippen LogP contribution in [-0.2, 0) is 14.3 Å². The van der Waals surface area contributed by atoms with Crippen molar-refractivity contribution in [2.75, 3.05) is 24.7 Å². The highest BCUT2D eigenvalue weighted by Gasteiger charge is 2.38. The number of rotatable bonds is 3. The molecule has 2 heterocycles. The Labute approximate surface area is 119 Å². The number of para-hydroxylation sites is 1. The molecule has 2 aliphatic rings. The van der Waals surface area contributed by atoms with Gasteiger partial charge in [-0.3, -0.25) is 4.79 Å². The zero-order valence-corrected chi connectivity index (χ0v) is 11.8. The molecule has 2 aliphatic heterocycles. The Bertz CT molecular complexity index is 456. The smallest absolute Gasteiger partial charge is 0.256 e. The van der Waals surface area contributed by atoms with E-state index in [2.05, 4.69) is 6.92 Å². The standard InChI is InChI=1S/C16H21NO3/c1-12-7-10-20-15(12)16(18)17(14-8-9-19-11-14)13-5-3-2-4-6-13/h2-6,12,14-15H,7-11H2,1H3/t12-,14-,15+/m1/s1. The van der Waals surface area contributed by atoms with Gasteiger partial charge in [-0.25, -0.2) is 0 Å². The lowest BCUT2D eigenvalue weighted by molar-refractivity contribution is -0.129. The van der Waals surface area contributed by atoms with Crippen LogP contribution in [0.15, 0.2) is 30.3 Å². The van der Waals surface area contributed by atoms with Gasteiger partial charge in [0.05, 0.1) is 12.6 Å². The fourth-order valence-corrected chi connectivity index (χ4v) is 2.98. The van der Waals surface area contributed by atoms with Crippen molar-refractivity contribution in [2.45, 2.75) is 31.9 Å². The van der Waals surface area contributed by atoms with E-state index >= 15 is 0 Å². The predicted molar refractivity (Wildman–Crippen MR) is 76.7 cm³/mol. The van der Waals surface area contributed by atoms with Gasteiger partial charge in [-0.2, -0.15) is 0 Å². The first-order chi connectivity index (χ1) is 9.77. The first-order valence-electron chi connectivity index (χ1n) is 7.35. The molecule has 4 nitrogen and oxygen atoms in total. The second-order valence-corrected chi connectivity index (χ2v) is 5.62. The van der Waals surface area contributed by atoms with Crippen LogP contribution < -0.4 is 4.90 Å². The normalized spacial score (nSPS) is 29.6. The Morgan fingerprint density at radius 3 is 2.60 bits per heavy atom. The number of nitrogens with zero attached hydrogens (tertiary/aromatic N) is 1. The number of carbonyl (C=O) groups is 1. The molecular formula is C16H21NO3. The van der Waals surface area contributed by atoms with Crippen molar-refractivity contribution in [1.29, 1.82) is 0 Å². The zero-order valence-electron chi connectivity index (χ0n) is 11.8. The Kier molecular flexibility index (Phi) is 4.03. The SMILES string of the molecule is C[C@@H]1CCO[C@@H]1C(=O)N(c1ccccc1)[C@@H]1CCOC1. The van der Waals surface area contributed by atoms with Gasteiger partial charge in [-0.1, -0.05) is 25.1 Å². The van der Waals surface area contributed by atoms with Gasteiger partial charge in [0.1, 0.15) is 6.10 Å².